The molecule has 6 heteroatoms. The zero-order chi connectivity index (χ0) is 20.2. The summed E-state index contributed by atoms with van der Waals surface area (Å²) in [5.74, 6) is 3.06. The van der Waals surface area contributed by atoms with Gasteiger partial charge in [0, 0.05) is 23.2 Å². The van der Waals surface area contributed by atoms with Gasteiger partial charge in [0.25, 0.3) is 0 Å². The Balaban J connectivity index is 1.39. The normalized spacial score (nSPS) is 26.8. The Hall–Kier alpha value is -3.25. The topological polar surface area (TPSA) is 57.2 Å². The van der Waals surface area contributed by atoms with Crippen molar-refractivity contribution in [1.29, 1.82) is 0 Å². The zero-order valence-corrected chi connectivity index (χ0v) is 16.6. The van der Waals surface area contributed by atoms with Crippen LogP contribution in [0.15, 0.2) is 47.5 Å². The molecule has 0 aliphatic carbocycles. The van der Waals surface area contributed by atoms with E-state index < -0.39 is 0 Å². The van der Waals surface area contributed by atoms with E-state index in [0.717, 1.165) is 58.1 Å². The third-order valence-electron chi connectivity index (χ3n) is 6.38. The molecule has 4 heterocycles. The zero-order valence-electron chi connectivity index (χ0n) is 16.6. The van der Waals surface area contributed by atoms with E-state index in [-0.39, 0.29) is 31.5 Å². The quantitative estimate of drug-likeness (QED) is 0.714. The fourth-order valence-corrected chi connectivity index (χ4v) is 4.85. The lowest BCUT2D eigenvalue weighted by atomic mass is 9.88. The van der Waals surface area contributed by atoms with Crippen molar-refractivity contribution in [2.75, 3.05) is 20.6 Å². The molecule has 0 saturated carbocycles. The molecular weight excluding hydrogens is 382 g/mol. The molecule has 4 aliphatic heterocycles. The minimum absolute atomic E-state index is 0.121. The molecule has 2 atom stereocenters. The molecule has 2 aromatic rings. The number of hydrogen-bond acceptors (Lipinski definition) is 6. The van der Waals surface area contributed by atoms with Crippen LogP contribution in [0.25, 0.3) is 12.2 Å². The Labute approximate surface area is 174 Å². The molecule has 0 unspecified atom stereocenters. The molecule has 6 rings (SSSR count). The van der Waals surface area contributed by atoms with E-state index in [0.29, 0.717) is 0 Å². The van der Waals surface area contributed by atoms with Crippen LogP contribution in [-0.4, -0.2) is 43.4 Å². The van der Waals surface area contributed by atoms with Gasteiger partial charge in [0.2, 0.25) is 13.6 Å². The van der Waals surface area contributed by atoms with Gasteiger partial charge >= 0.3 is 0 Å². The number of piperidine rings is 1. The summed E-state index contributed by atoms with van der Waals surface area (Å²) in [6, 6.07) is 11.9. The van der Waals surface area contributed by atoms with Crippen LogP contribution in [0.1, 0.15) is 24.0 Å². The van der Waals surface area contributed by atoms with Crippen molar-refractivity contribution in [3.05, 3.63) is 58.7 Å². The highest BCUT2D eigenvalue weighted by Crippen LogP contribution is 2.42. The fraction of sp³-hybridized carbons (Fsp3) is 0.292. The van der Waals surface area contributed by atoms with Crippen molar-refractivity contribution in [2.24, 2.45) is 0 Å². The van der Waals surface area contributed by atoms with E-state index in [9.17, 15) is 4.79 Å². The van der Waals surface area contributed by atoms with Crippen LogP contribution in [0, 0.1) is 0 Å². The van der Waals surface area contributed by atoms with Gasteiger partial charge in [-0.25, -0.2) is 0 Å². The van der Waals surface area contributed by atoms with Crippen LogP contribution < -0.4 is 18.9 Å². The molecule has 2 fully saturated rings. The van der Waals surface area contributed by atoms with Gasteiger partial charge in [-0.3, -0.25) is 9.69 Å². The molecule has 2 saturated heterocycles. The van der Waals surface area contributed by atoms with Gasteiger partial charge in [0.05, 0.1) is 0 Å². The summed E-state index contributed by atoms with van der Waals surface area (Å²) in [6.45, 7) is 0.480. The summed E-state index contributed by atoms with van der Waals surface area (Å²) in [5, 5.41) is 0. The lowest BCUT2D eigenvalue weighted by molar-refractivity contribution is -0.114. The van der Waals surface area contributed by atoms with E-state index in [2.05, 4.69) is 11.9 Å². The maximum atomic E-state index is 13.5. The number of carbonyl (C=O) groups excluding carboxylic acids is 1. The molecule has 0 amide bonds. The minimum Gasteiger partial charge on any atom is -0.454 e. The standard InChI is InChI=1S/C24H21NO5/c1-25-18-4-5-19(25)17(9-15-3-7-21-23(11-15)30-13-28-21)24(26)16(18)8-14-2-6-20-22(10-14)29-12-27-20/h2-3,6-11,18-19H,4-5,12-13H2,1H3/b16-8-,17-9+/t18-,19-/m0/s1. The van der Waals surface area contributed by atoms with Crippen LogP contribution in [0.3, 0.4) is 0 Å². The van der Waals surface area contributed by atoms with Gasteiger partial charge in [-0.15, -0.1) is 0 Å². The van der Waals surface area contributed by atoms with Crippen molar-refractivity contribution in [1.82, 2.24) is 4.90 Å². The lowest BCUT2D eigenvalue weighted by Gasteiger charge is -2.34. The summed E-state index contributed by atoms with van der Waals surface area (Å²) < 4.78 is 21.8. The predicted molar refractivity (Wildman–Crippen MR) is 111 cm³/mol. The van der Waals surface area contributed by atoms with Gasteiger partial charge in [0.1, 0.15) is 0 Å². The number of benzene rings is 2. The first kappa shape index (κ1) is 17.6. The molecule has 4 aliphatic rings. The Kier molecular flexibility index (Phi) is 3.89. The number of ketones is 1. The third kappa shape index (κ3) is 2.71. The molecule has 2 aromatic carbocycles. The number of carbonyl (C=O) groups is 1. The van der Waals surface area contributed by atoms with Crippen LogP contribution in [0.4, 0.5) is 0 Å². The molecule has 0 radical (unpaired) electrons. The first-order chi connectivity index (χ1) is 14.7. The van der Waals surface area contributed by atoms with Gasteiger partial charge in [-0.2, -0.15) is 0 Å². The summed E-state index contributed by atoms with van der Waals surface area (Å²) in [5.41, 5.74) is 3.56. The molecule has 30 heavy (non-hydrogen) atoms. The monoisotopic (exact) mass is 403 g/mol. The van der Waals surface area contributed by atoms with Crippen molar-refractivity contribution in [3.8, 4) is 23.0 Å². The number of rotatable bonds is 2. The van der Waals surface area contributed by atoms with Crippen molar-refractivity contribution < 1.29 is 23.7 Å². The third-order valence-corrected chi connectivity index (χ3v) is 6.38. The average Bonchev–Trinajstić information content (AvgIpc) is 3.47. The van der Waals surface area contributed by atoms with Crippen LogP contribution in [0.5, 0.6) is 23.0 Å². The van der Waals surface area contributed by atoms with E-state index in [1.54, 1.807) is 0 Å². The molecular formula is C24H21NO5. The molecule has 152 valence electrons. The van der Waals surface area contributed by atoms with Crippen LogP contribution >= 0.6 is 0 Å². The fourth-order valence-electron chi connectivity index (χ4n) is 4.85. The first-order valence-electron chi connectivity index (χ1n) is 10.2. The minimum atomic E-state index is 0.121. The Bertz CT molecular complexity index is 1030. The van der Waals surface area contributed by atoms with Gasteiger partial charge < -0.3 is 18.9 Å². The molecule has 6 nitrogen and oxygen atoms in total. The summed E-state index contributed by atoms with van der Waals surface area (Å²) >= 11 is 0. The second kappa shape index (κ2) is 6.64. The number of hydrogen-bond donors (Lipinski definition) is 0. The van der Waals surface area contributed by atoms with Gasteiger partial charge in [-0.1, -0.05) is 12.1 Å². The maximum absolute atomic E-state index is 13.5. The largest absolute Gasteiger partial charge is 0.454 e. The molecule has 0 spiro atoms. The number of nitrogens with zero attached hydrogens (tertiary/aromatic N) is 1. The summed E-state index contributed by atoms with van der Waals surface area (Å²) in [4.78, 5) is 15.9. The van der Waals surface area contributed by atoms with Gasteiger partial charge in [-0.05, 0) is 67.4 Å². The van der Waals surface area contributed by atoms with E-state index >= 15 is 0 Å². The van der Waals surface area contributed by atoms with E-state index in [1.807, 2.05) is 48.6 Å². The van der Waals surface area contributed by atoms with Crippen molar-refractivity contribution in [3.63, 3.8) is 0 Å². The molecule has 2 bridgehead atoms. The number of ether oxygens (including phenoxy) is 4. The van der Waals surface area contributed by atoms with Crippen LogP contribution in [-0.2, 0) is 4.79 Å². The highest BCUT2D eigenvalue weighted by Gasteiger charge is 2.44. The second-order valence-corrected chi connectivity index (χ2v) is 8.03. The highest BCUT2D eigenvalue weighted by atomic mass is 16.7. The smallest absolute Gasteiger partial charge is 0.231 e. The Morgan fingerprint density at radius 3 is 1.73 bits per heavy atom. The lowest BCUT2D eigenvalue weighted by Crippen LogP contribution is -2.43. The number of Topliss-reactive ketones (excluding diaryl/α,β-unsaturated/α-hetero) is 1. The first-order valence-corrected chi connectivity index (χ1v) is 10.2. The number of likely N-dealkylation sites (N-methyl/N-ethyl adjacent to an activating group) is 1. The maximum Gasteiger partial charge on any atom is 0.231 e. The Morgan fingerprint density at radius 1 is 0.767 bits per heavy atom. The van der Waals surface area contributed by atoms with Gasteiger partial charge in [0.15, 0.2) is 28.8 Å². The molecule has 0 aromatic heterocycles. The highest BCUT2D eigenvalue weighted by molar-refractivity contribution is 6.16. The second-order valence-electron chi connectivity index (χ2n) is 8.03. The van der Waals surface area contributed by atoms with Crippen molar-refractivity contribution >= 4 is 17.9 Å². The summed E-state index contributed by atoms with van der Waals surface area (Å²) in [7, 11) is 2.11. The summed E-state index contributed by atoms with van der Waals surface area (Å²) in [6.07, 6.45) is 5.95. The van der Waals surface area contributed by atoms with E-state index in [4.69, 9.17) is 18.9 Å². The van der Waals surface area contributed by atoms with E-state index in [1.165, 1.54) is 0 Å². The SMILES string of the molecule is CN1[C@H]2CC[C@H]1/C(=C\c1ccc3c(c1)OCO3)C(=O)/C2=C\c1ccc2c(c1)OCO2. The molecule has 0 N–H and O–H groups in total. The number of fused-ring (bicyclic) bond motifs is 4. The van der Waals surface area contributed by atoms with Crippen LogP contribution in [0.2, 0.25) is 0 Å². The average molecular weight is 403 g/mol. The predicted octanol–water partition coefficient (Wildman–Crippen LogP) is 3.66. The van der Waals surface area contributed by atoms with Crippen molar-refractivity contribution in [2.45, 2.75) is 24.9 Å². The Morgan fingerprint density at radius 2 is 1.23 bits per heavy atom.